The summed E-state index contributed by atoms with van der Waals surface area (Å²) in [6.07, 6.45) is 0. The second kappa shape index (κ2) is 10.1. The number of esters is 1. The van der Waals surface area contributed by atoms with E-state index in [0.29, 0.717) is 18.1 Å². The summed E-state index contributed by atoms with van der Waals surface area (Å²) in [4.78, 5) is 12.3. The first-order valence-corrected chi connectivity index (χ1v) is 11.6. The Kier molecular flexibility index (Phi) is 8.74. The van der Waals surface area contributed by atoms with E-state index in [0.717, 1.165) is 5.56 Å². The highest BCUT2D eigenvalue weighted by atomic mass is 28.4. The fraction of sp³-hybridized carbons (Fsp3) is 0.632. The number of methoxy groups -OCH3 is 3. The van der Waals surface area contributed by atoms with E-state index in [4.69, 9.17) is 28.1 Å². The van der Waals surface area contributed by atoms with Gasteiger partial charge in [-0.3, -0.25) is 0 Å². The monoisotopic (exact) mass is 400 g/mol. The zero-order valence-electron chi connectivity index (χ0n) is 17.6. The smallest absolute Gasteiger partial charge is 0.345 e. The summed E-state index contributed by atoms with van der Waals surface area (Å²) in [6, 6.07) is 3.50. The fourth-order valence-electron chi connectivity index (χ4n) is 1.98. The molecule has 0 spiro atoms. The van der Waals surface area contributed by atoms with Crippen molar-refractivity contribution in [2.75, 3.05) is 34.9 Å². The van der Waals surface area contributed by atoms with Gasteiger partial charge in [0.15, 0.2) is 21.9 Å². The molecule has 0 saturated heterocycles. The first-order chi connectivity index (χ1) is 12.6. The van der Waals surface area contributed by atoms with Crippen molar-refractivity contribution in [3.63, 3.8) is 0 Å². The molecule has 0 radical (unpaired) electrons. The molecule has 1 rings (SSSR count). The summed E-state index contributed by atoms with van der Waals surface area (Å²) in [6.45, 7) is 11.3. The van der Waals surface area contributed by atoms with Crippen molar-refractivity contribution in [3.05, 3.63) is 23.3 Å². The second-order valence-corrected chi connectivity index (χ2v) is 12.4. The molecule has 1 aromatic rings. The molecular weight excluding hydrogens is 368 g/mol. The third kappa shape index (κ3) is 6.49. The minimum Gasteiger partial charge on any atom is -0.466 e. The Bertz CT molecular complexity index is 594. The topological polar surface area (TPSA) is 72.5 Å². The van der Waals surface area contributed by atoms with Crippen LogP contribution >= 0.6 is 0 Å². The van der Waals surface area contributed by atoms with Crippen molar-refractivity contribution < 1.29 is 32.9 Å². The van der Waals surface area contributed by atoms with Crippen molar-refractivity contribution in [1.82, 2.24) is 0 Å². The standard InChI is InChI=1S/C19H32O7Si/c1-19(2,3)27(7,8)26-11-14-9-15(24-12-21-4)17(18(20)23-6)16(10-14)25-13-22-5/h9-10H,11-13H2,1-8H3. The highest BCUT2D eigenvalue weighted by Crippen LogP contribution is 2.38. The molecule has 0 saturated carbocycles. The van der Waals surface area contributed by atoms with Crippen molar-refractivity contribution in [2.24, 2.45) is 0 Å². The molecule has 0 aliphatic carbocycles. The van der Waals surface area contributed by atoms with Crippen molar-refractivity contribution in [3.8, 4) is 11.5 Å². The average molecular weight is 401 g/mol. The van der Waals surface area contributed by atoms with Gasteiger partial charge in [0.25, 0.3) is 0 Å². The van der Waals surface area contributed by atoms with Crippen LogP contribution in [-0.2, 0) is 25.2 Å². The molecule has 0 bridgehead atoms. The van der Waals surface area contributed by atoms with Gasteiger partial charge < -0.3 is 28.1 Å². The SMILES string of the molecule is COCOc1cc(CO[Si](C)(C)C(C)(C)C)cc(OCOC)c1C(=O)OC. The molecule has 0 atom stereocenters. The van der Waals surface area contributed by atoms with Gasteiger partial charge in [0.1, 0.15) is 17.1 Å². The fourth-order valence-corrected chi connectivity index (χ4v) is 2.94. The normalized spacial score (nSPS) is 12.0. The van der Waals surface area contributed by atoms with Crippen LogP contribution in [0.25, 0.3) is 0 Å². The lowest BCUT2D eigenvalue weighted by Gasteiger charge is -2.36. The zero-order chi connectivity index (χ0) is 20.7. The largest absolute Gasteiger partial charge is 0.466 e. The molecule has 27 heavy (non-hydrogen) atoms. The van der Waals surface area contributed by atoms with Gasteiger partial charge in [-0.15, -0.1) is 0 Å². The highest BCUT2D eigenvalue weighted by molar-refractivity contribution is 6.74. The van der Waals surface area contributed by atoms with Gasteiger partial charge in [-0.05, 0) is 35.8 Å². The van der Waals surface area contributed by atoms with Crippen LogP contribution in [0.4, 0.5) is 0 Å². The Morgan fingerprint density at radius 2 is 1.44 bits per heavy atom. The van der Waals surface area contributed by atoms with Gasteiger partial charge >= 0.3 is 5.97 Å². The van der Waals surface area contributed by atoms with Gasteiger partial charge in [0.05, 0.1) is 13.7 Å². The maximum Gasteiger partial charge on any atom is 0.345 e. The van der Waals surface area contributed by atoms with E-state index >= 15 is 0 Å². The lowest BCUT2D eigenvalue weighted by Crippen LogP contribution is -2.40. The van der Waals surface area contributed by atoms with Gasteiger partial charge in [-0.25, -0.2) is 4.79 Å². The predicted octanol–water partition coefficient (Wildman–Crippen LogP) is 3.96. The lowest BCUT2D eigenvalue weighted by atomic mass is 10.1. The van der Waals surface area contributed by atoms with Gasteiger partial charge in [0, 0.05) is 14.2 Å². The van der Waals surface area contributed by atoms with Gasteiger partial charge in [0.2, 0.25) is 0 Å². The van der Waals surface area contributed by atoms with Crippen molar-refractivity contribution >= 4 is 14.3 Å². The van der Waals surface area contributed by atoms with Crippen LogP contribution in [-0.4, -0.2) is 49.2 Å². The van der Waals surface area contributed by atoms with Crippen LogP contribution in [0.2, 0.25) is 18.1 Å². The van der Waals surface area contributed by atoms with E-state index in [2.05, 4.69) is 33.9 Å². The van der Waals surface area contributed by atoms with E-state index in [1.54, 1.807) is 12.1 Å². The lowest BCUT2D eigenvalue weighted by molar-refractivity contribution is 0.0396. The van der Waals surface area contributed by atoms with Crippen LogP contribution in [0.3, 0.4) is 0 Å². The summed E-state index contributed by atoms with van der Waals surface area (Å²) in [5.74, 6) is 0.0568. The van der Waals surface area contributed by atoms with Crippen LogP contribution in [0.15, 0.2) is 12.1 Å². The Morgan fingerprint density at radius 1 is 0.963 bits per heavy atom. The highest BCUT2D eigenvalue weighted by Gasteiger charge is 2.37. The van der Waals surface area contributed by atoms with E-state index in [-0.39, 0.29) is 24.2 Å². The van der Waals surface area contributed by atoms with Crippen LogP contribution < -0.4 is 9.47 Å². The summed E-state index contributed by atoms with van der Waals surface area (Å²) >= 11 is 0. The Morgan fingerprint density at radius 3 is 1.81 bits per heavy atom. The molecule has 0 fully saturated rings. The summed E-state index contributed by atoms with van der Waals surface area (Å²) in [7, 11) is 2.37. The first kappa shape index (κ1) is 23.4. The number of benzene rings is 1. The maximum atomic E-state index is 12.3. The predicted molar refractivity (Wildman–Crippen MR) is 105 cm³/mol. The van der Waals surface area contributed by atoms with Crippen LogP contribution in [0.1, 0.15) is 36.7 Å². The van der Waals surface area contributed by atoms with E-state index in [1.165, 1.54) is 21.3 Å². The number of carbonyl (C=O) groups excluding carboxylic acids is 1. The van der Waals surface area contributed by atoms with Crippen LogP contribution in [0, 0.1) is 0 Å². The molecule has 0 aliphatic rings. The van der Waals surface area contributed by atoms with E-state index in [1.807, 2.05) is 0 Å². The number of rotatable bonds is 10. The minimum atomic E-state index is -1.94. The Balaban J connectivity index is 3.26. The number of hydrogen-bond acceptors (Lipinski definition) is 7. The van der Waals surface area contributed by atoms with E-state index < -0.39 is 14.3 Å². The molecule has 0 heterocycles. The summed E-state index contributed by atoms with van der Waals surface area (Å²) in [5, 5.41) is 0.0870. The van der Waals surface area contributed by atoms with Crippen molar-refractivity contribution in [1.29, 1.82) is 0 Å². The van der Waals surface area contributed by atoms with Gasteiger partial charge in [-0.1, -0.05) is 20.8 Å². The zero-order valence-corrected chi connectivity index (χ0v) is 18.6. The van der Waals surface area contributed by atoms with Gasteiger partial charge in [-0.2, -0.15) is 0 Å². The molecule has 0 N–H and O–H groups in total. The summed E-state index contributed by atoms with van der Waals surface area (Å²) in [5.41, 5.74) is 1.01. The maximum absolute atomic E-state index is 12.3. The van der Waals surface area contributed by atoms with Crippen LogP contribution in [0.5, 0.6) is 11.5 Å². The molecule has 8 heteroatoms. The molecule has 0 aliphatic heterocycles. The molecule has 7 nitrogen and oxygen atoms in total. The quantitative estimate of drug-likeness (QED) is 0.334. The van der Waals surface area contributed by atoms with Crippen molar-refractivity contribution in [2.45, 2.75) is 45.5 Å². The molecular formula is C19H32O7Si. The molecule has 1 aromatic carbocycles. The molecule has 0 unspecified atom stereocenters. The summed E-state index contributed by atoms with van der Waals surface area (Å²) < 4.78 is 32.2. The second-order valence-electron chi connectivity index (χ2n) is 7.61. The Hall–Kier alpha value is -1.61. The molecule has 154 valence electrons. The third-order valence-electron chi connectivity index (χ3n) is 4.59. The molecule has 0 aromatic heterocycles. The number of ether oxygens (including phenoxy) is 5. The Labute approximate surface area is 163 Å². The average Bonchev–Trinajstić information content (AvgIpc) is 2.61. The molecule has 0 amide bonds. The minimum absolute atomic E-state index is 0.0136. The van der Waals surface area contributed by atoms with E-state index in [9.17, 15) is 4.79 Å². The number of carbonyl (C=O) groups is 1. The number of hydrogen-bond donors (Lipinski definition) is 0. The first-order valence-electron chi connectivity index (χ1n) is 8.70. The third-order valence-corrected chi connectivity index (χ3v) is 9.06.